The monoisotopic (exact) mass is 428 g/mol. The minimum absolute atomic E-state index is 0.202. The number of piperazine rings is 1. The lowest BCUT2D eigenvalue weighted by atomic mass is 10.0. The Labute approximate surface area is 171 Å². The number of ether oxygens (including phenoxy) is 1. The number of rotatable bonds is 5. The molecular formula is C19H29FN4O4S. The summed E-state index contributed by atoms with van der Waals surface area (Å²) in [6.07, 6.45) is 3.92. The maximum Gasteiger partial charge on any atom is 0.410 e. The van der Waals surface area contributed by atoms with Gasteiger partial charge in [0.15, 0.2) is 0 Å². The van der Waals surface area contributed by atoms with Crippen LogP contribution in [0.25, 0.3) is 0 Å². The summed E-state index contributed by atoms with van der Waals surface area (Å²) in [5, 5.41) is -0.346. The second kappa shape index (κ2) is 8.06. The average molecular weight is 429 g/mol. The first-order valence-electron chi connectivity index (χ1n) is 9.85. The number of carbonyl (C=O) groups is 1. The van der Waals surface area contributed by atoms with E-state index in [4.69, 9.17) is 10.5 Å². The van der Waals surface area contributed by atoms with Gasteiger partial charge in [-0.05, 0) is 46.5 Å². The Morgan fingerprint density at radius 2 is 2.00 bits per heavy atom. The summed E-state index contributed by atoms with van der Waals surface area (Å²) in [5.41, 5.74) is 5.76. The normalized spacial score (nSPS) is 21.2. The highest BCUT2D eigenvalue weighted by atomic mass is 32.2. The summed E-state index contributed by atoms with van der Waals surface area (Å²) < 4.78 is 46.8. The quantitative estimate of drug-likeness (QED) is 0.770. The van der Waals surface area contributed by atoms with Crippen LogP contribution in [0.1, 0.15) is 45.6 Å². The number of aromatic nitrogens is 1. The summed E-state index contributed by atoms with van der Waals surface area (Å²) in [6.45, 7) is 6.02. The predicted molar refractivity (Wildman–Crippen MR) is 107 cm³/mol. The van der Waals surface area contributed by atoms with E-state index in [1.165, 1.54) is 15.4 Å². The summed E-state index contributed by atoms with van der Waals surface area (Å²) in [7, 11) is -3.43. The third-order valence-corrected chi connectivity index (χ3v) is 7.57. The van der Waals surface area contributed by atoms with E-state index >= 15 is 0 Å². The molecule has 0 bridgehead atoms. The Bertz CT molecular complexity index is 847. The lowest BCUT2D eigenvalue weighted by molar-refractivity contribution is 0.0126. The van der Waals surface area contributed by atoms with Crippen LogP contribution in [-0.4, -0.2) is 65.2 Å². The fraction of sp³-hybridized carbons (Fsp3) is 0.684. The molecule has 2 fully saturated rings. The van der Waals surface area contributed by atoms with Crippen molar-refractivity contribution in [3.63, 3.8) is 0 Å². The Morgan fingerprint density at radius 1 is 1.31 bits per heavy atom. The van der Waals surface area contributed by atoms with E-state index in [1.807, 2.05) is 0 Å². The van der Waals surface area contributed by atoms with Crippen molar-refractivity contribution in [2.24, 2.45) is 0 Å². The first kappa shape index (κ1) is 21.8. The van der Waals surface area contributed by atoms with Gasteiger partial charge in [0, 0.05) is 31.2 Å². The van der Waals surface area contributed by atoms with E-state index in [0.29, 0.717) is 24.8 Å². The summed E-state index contributed by atoms with van der Waals surface area (Å²) in [4.78, 5) is 17.7. The number of halogens is 1. The fourth-order valence-corrected chi connectivity index (χ4v) is 5.55. The number of nitrogens with zero attached hydrogens (tertiary/aromatic N) is 3. The molecule has 1 saturated heterocycles. The number of nitrogens with two attached hydrogens (primary N) is 1. The molecule has 8 nitrogen and oxygen atoms in total. The van der Waals surface area contributed by atoms with Crippen LogP contribution >= 0.6 is 0 Å². The number of sulfonamides is 1. The molecular weight excluding hydrogens is 399 g/mol. The minimum atomic E-state index is -3.43. The SMILES string of the molecule is CC(C)(C)OC(=O)N1CCN(S(=O)(=O)C2CC2)C(CCc2c(N)cncc2F)C1. The maximum absolute atomic E-state index is 14.1. The van der Waals surface area contributed by atoms with Crippen molar-refractivity contribution in [3.8, 4) is 0 Å². The number of carbonyl (C=O) groups excluding carboxylic acids is 1. The fourth-order valence-electron chi connectivity index (χ4n) is 3.51. The Balaban J connectivity index is 1.77. The number of hydrogen-bond donors (Lipinski definition) is 1. The minimum Gasteiger partial charge on any atom is -0.444 e. The molecule has 29 heavy (non-hydrogen) atoms. The number of amides is 1. The van der Waals surface area contributed by atoms with Gasteiger partial charge in [0.25, 0.3) is 0 Å². The van der Waals surface area contributed by atoms with Crippen LogP contribution in [0.4, 0.5) is 14.9 Å². The van der Waals surface area contributed by atoms with Gasteiger partial charge in [-0.2, -0.15) is 4.31 Å². The largest absolute Gasteiger partial charge is 0.444 e. The van der Waals surface area contributed by atoms with Crippen molar-refractivity contribution in [1.29, 1.82) is 0 Å². The molecule has 10 heteroatoms. The Hall–Kier alpha value is -1.94. The molecule has 2 heterocycles. The van der Waals surface area contributed by atoms with Gasteiger partial charge in [0.05, 0.1) is 23.3 Å². The molecule has 2 aliphatic rings. The van der Waals surface area contributed by atoms with Crippen molar-refractivity contribution in [2.45, 2.75) is 63.3 Å². The van der Waals surface area contributed by atoms with Gasteiger partial charge in [0.1, 0.15) is 11.4 Å². The predicted octanol–water partition coefficient (Wildman–Crippen LogP) is 2.15. The van der Waals surface area contributed by atoms with E-state index in [0.717, 1.165) is 6.20 Å². The maximum atomic E-state index is 14.1. The Kier molecular flexibility index (Phi) is 6.05. The van der Waals surface area contributed by atoms with E-state index < -0.39 is 33.6 Å². The van der Waals surface area contributed by atoms with Crippen LogP contribution < -0.4 is 5.73 Å². The molecule has 1 aromatic heterocycles. The van der Waals surface area contributed by atoms with Crippen LogP contribution in [0.5, 0.6) is 0 Å². The van der Waals surface area contributed by atoms with E-state index in [-0.39, 0.29) is 37.0 Å². The molecule has 1 saturated carbocycles. The second-order valence-electron chi connectivity index (χ2n) is 8.66. The van der Waals surface area contributed by atoms with Crippen molar-refractivity contribution in [3.05, 3.63) is 23.8 Å². The molecule has 1 aliphatic heterocycles. The molecule has 2 N–H and O–H groups in total. The molecule has 1 amide bonds. The van der Waals surface area contributed by atoms with Gasteiger partial charge in [-0.25, -0.2) is 17.6 Å². The molecule has 162 valence electrons. The number of nitrogen functional groups attached to an aromatic ring is 1. The zero-order valence-electron chi connectivity index (χ0n) is 17.1. The van der Waals surface area contributed by atoms with Crippen LogP contribution in [0.15, 0.2) is 12.4 Å². The zero-order valence-corrected chi connectivity index (χ0v) is 17.9. The third kappa shape index (κ3) is 5.16. The summed E-state index contributed by atoms with van der Waals surface area (Å²) >= 11 is 0. The molecule has 0 spiro atoms. The van der Waals surface area contributed by atoms with Gasteiger partial charge in [-0.1, -0.05) is 0 Å². The Morgan fingerprint density at radius 3 is 2.59 bits per heavy atom. The summed E-state index contributed by atoms with van der Waals surface area (Å²) in [5.74, 6) is -0.513. The first-order valence-corrected chi connectivity index (χ1v) is 11.4. The molecule has 1 aromatic rings. The molecule has 3 rings (SSSR count). The van der Waals surface area contributed by atoms with E-state index in [2.05, 4.69) is 4.98 Å². The lowest BCUT2D eigenvalue weighted by Crippen LogP contribution is -2.57. The lowest BCUT2D eigenvalue weighted by Gasteiger charge is -2.41. The highest BCUT2D eigenvalue weighted by molar-refractivity contribution is 7.90. The second-order valence-corrected chi connectivity index (χ2v) is 10.8. The van der Waals surface area contributed by atoms with Crippen LogP contribution in [-0.2, 0) is 21.2 Å². The number of anilines is 1. The van der Waals surface area contributed by atoms with Crippen LogP contribution in [0.2, 0.25) is 0 Å². The topological polar surface area (TPSA) is 106 Å². The van der Waals surface area contributed by atoms with Gasteiger partial charge in [0.2, 0.25) is 10.0 Å². The summed E-state index contributed by atoms with van der Waals surface area (Å²) in [6, 6.07) is -0.464. The average Bonchev–Trinajstić information content (AvgIpc) is 3.45. The van der Waals surface area contributed by atoms with E-state index in [1.54, 1.807) is 20.8 Å². The number of hydrogen-bond acceptors (Lipinski definition) is 6. The van der Waals surface area contributed by atoms with Crippen molar-refractivity contribution in [1.82, 2.24) is 14.2 Å². The van der Waals surface area contributed by atoms with Crippen LogP contribution in [0, 0.1) is 5.82 Å². The van der Waals surface area contributed by atoms with Crippen molar-refractivity contribution in [2.75, 3.05) is 25.4 Å². The molecule has 1 aliphatic carbocycles. The van der Waals surface area contributed by atoms with Crippen molar-refractivity contribution >= 4 is 21.8 Å². The molecule has 0 radical (unpaired) electrons. The standard InChI is InChI=1S/C19H29FN4O4S/c1-19(2,3)28-18(25)23-8-9-24(29(26,27)14-5-6-14)13(12-23)4-7-15-16(20)10-22-11-17(15)21/h10-11,13-14H,4-9,12,21H2,1-3H3. The van der Waals surface area contributed by atoms with Crippen molar-refractivity contribution < 1.29 is 22.3 Å². The molecule has 1 unspecified atom stereocenters. The zero-order chi connectivity index (χ0) is 21.4. The van der Waals surface area contributed by atoms with Gasteiger partial charge in [-0.15, -0.1) is 0 Å². The third-order valence-electron chi connectivity index (χ3n) is 5.12. The van der Waals surface area contributed by atoms with E-state index in [9.17, 15) is 17.6 Å². The van der Waals surface area contributed by atoms with Gasteiger partial charge >= 0.3 is 6.09 Å². The highest BCUT2D eigenvalue weighted by Crippen LogP contribution is 2.34. The molecule has 1 atom stereocenters. The van der Waals surface area contributed by atoms with Gasteiger partial charge < -0.3 is 15.4 Å². The van der Waals surface area contributed by atoms with Crippen LogP contribution in [0.3, 0.4) is 0 Å². The number of pyridine rings is 1. The first-order chi connectivity index (χ1) is 13.5. The van der Waals surface area contributed by atoms with Gasteiger partial charge in [-0.3, -0.25) is 4.98 Å². The smallest absolute Gasteiger partial charge is 0.410 e. The highest BCUT2D eigenvalue weighted by Gasteiger charge is 2.45. The molecule has 0 aromatic carbocycles.